The van der Waals surface area contributed by atoms with Gasteiger partial charge in [0.1, 0.15) is 49.2 Å². The van der Waals surface area contributed by atoms with Crippen molar-refractivity contribution in [2.75, 3.05) is 32.8 Å². The Balaban J connectivity index is 1.89. The van der Waals surface area contributed by atoms with Crippen LogP contribution in [-0.2, 0) is 4.79 Å². The van der Waals surface area contributed by atoms with Gasteiger partial charge in [-0.1, -0.05) is 26.7 Å². The molecule has 0 spiro atoms. The molecular weight excluding hydrogens is 324 g/mol. The lowest BCUT2D eigenvalue weighted by Gasteiger charge is -2.61. The summed E-state index contributed by atoms with van der Waals surface area (Å²) in [6, 6.07) is 0. The highest BCUT2D eigenvalue weighted by molar-refractivity contribution is 5.92. The summed E-state index contributed by atoms with van der Waals surface area (Å²) >= 11 is 0. The van der Waals surface area contributed by atoms with E-state index in [1.54, 1.807) is 0 Å². The van der Waals surface area contributed by atoms with Gasteiger partial charge in [0.2, 0.25) is 6.17 Å². The molecule has 7 nitrogen and oxygen atoms in total. The maximum absolute atomic E-state index is 13.4. The zero-order valence-corrected chi connectivity index (χ0v) is 15.4. The summed E-state index contributed by atoms with van der Waals surface area (Å²) in [4.78, 5) is 15.7. The Bertz CT molecular complexity index is 470. The van der Waals surface area contributed by atoms with E-state index in [9.17, 15) is 20.1 Å². The number of ketones is 1. The Morgan fingerprint density at radius 3 is 1.80 bits per heavy atom. The van der Waals surface area contributed by atoms with Crippen LogP contribution >= 0.6 is 0 Å². The highest BCUT2D eigenvalue weighted by Crippen LogP contribution is 2.41. The van der Waals surface area contributed by atoms with Crippen LogP contribution in [0.1, 0.15) is 39.5 Å². The molecule has 0 saturated carbocycles. The van der Waals surface area contributed by atoms with E-state index in [0.29, 0.717) is 32.0 Å². The maximum atomic E-state index is 13.4. The average molecular weight is 358 g/mol. The summed E-state index contributed by atoms with van der Waals surface area (Å²) in [5, 5.41) is 39.7. The van der Waals surface area contributed by atoms with Crippen LogP contribution in [-0.4, -0.2) is 83.5 Å². The summed E-state index contributed by atoms with van der Waals surface area (Å²) in [6.07, 6.45) is -0.374. The summed E-state index contributed by atoms with van der Waals surface area (Å²) in [7, 11) is 0. The van der Waals surface area contributed by atoms with E-state index >= 15 is 0 Å². The predicted octanol–water partition coefficient (Wildman–Crippen LogP) is -3.66. The molecule has 4 bridgehead atoms. The standard InChI is InChI=1S/C18H32N2O5/c1-3-5-17-8-19-10-18(6-4-2,16(17)25)11-20(9-17)15(19)14(24)13(23)12(22)7-21/h12-15,21-24H,3-11H2,1-2H3/p+2/t12-,13-,14-,15?,17?,18?/m1/s1. The first-order valence-corrected chi connectivity index (χ1v) is 9.73. The number of piperidine rings is 2. The van der Waals surface area contributed by atoms with Crippen molar-refractivity contribution in [3.63, 3.8) is 0 Å². The molecular formula is C18H34N2O5+2. The molecule has 4 saturated heterocycles. The Morgan fingerprint density at radius 1 is 1.00 bits per heavy atom. The summed E-state index contributed by atoms with van der Waals surface area (Å²) < 4.78 is 0. The first kappa shape index (κ1) is 19.2. The van der Waals surface area contributed by atoms with Crippen molar-refractivity contribution >= 4 is 5.78 Å². The van der Waals surface area contributed by atoms with Gasteiger partial charge in [0, 0.05) is 0 Å². The molecule has 144 valence electrons. The molecule has 0 aromatic carbocycles. The summed E-state index contributed by atoms with van der Waals surface area (Å²) in [6.45, 7) is 6.48. The van der Waals surface area contributed by atoms with Crippen LogP contribution in [0.3, 0.4) is 0 Å². The van der Waals surface area contributed by atoms with Gasteiger partial charge in [-0.2, -0.15) is 0 Å². The van der Waals surface area contributed by atoms with Gasteiger partial charge in [0.05, 0.1) is 6.61 Å². The molecule has 0 unspecified atom stereocenters. The van der Waals surface area contributed by atoms with Gasteiger partial charge >= 0.3 is 0 Å². The lowest BCUT2D eigenvalue weighted by Crippen LogP contribution is -3.46. The summed E-state index contributed by atoms with van der Waals surface area (Å²) in [5.74, 6) is 0.431. The quantitative estimate of drug-likeness (QED) is 0.268. The fourth-order valence-corrected chi connectivity index (χ4v) is 6.15. The van der Waals surface area contributed by atoms with E-state index in [1.807, 2.05) is 0 Å². The lowest BCUT2D eigenvalue weighted by molar-refractivity contribution is -1.17. The van der Waals surface area contributed by atoms with Crippen LogP contribution in [0.25, 0.3) is 0 Å². The molecule has 4 aliphatic heterocycles. The summed E-state index contributed by atoms with van der Waals surface area (Å²) in [5.41, 5.74) is -0.607. The minimum absolute atomic E-state index is 0.251. The molecule has 3 atom stereocenters. The van der Waals surface area contributed by atoms with E-state index in [4.69, 9.17) is 5.11 Å². The van der Waals surface area contributed by atoms with Crippen LogP contribution in [0.15, 0.2) is 0 Å². The Hall–Kier alpha value is -0.570. The predicted molar refractivity (Wildman–Crippen MR) is 90.0 cm³/mol. The second kappa shape index (κ2) is 6.87. The van der Waals surface area contributed by atoms with E-state index in [-0.39, 0.29) is 17.0 Å². The third-order valence-electron chi connectivity index (χ3n) is 6.83. The topological polar surface area (TPSA) is 107 Å². The number of hydrogen-bond donors (Lipinski definition) is 6. The van der Waals surface area contributed by atoms with Gasteiger partial charge in [0.25, 0.3) is 0 Å². The number of Topliss-reactive ketones (excluding diaryl/α,β-unsaturated/α-hetero) is 1. The van der Waals surface area contributed by atoms with Gasteiger partial charge in [0.15, 0.2) is 11.9 Å². The molecule has 4 fully saturated rings. The zero-order chi connectivity index (χ0) is 18.4. The van der Waals surface area contributed by atoms with Crippen molar-refractivity contribution in [3.05, 3.63) is 0 Å². The van der Waals surface area contributed by atoms with E-state index in [2.05, 4.69) is 13.8 Å². The molecule has 0 aromatic heterocycles. The van der Waals surface area contributed by atoms with Crippen LogP contribution in [0, 0.1) is 10.8 Å². The van der Waals surface area contributed by atoms with Crippen molar-refractivity contribution in [3.8, 4) is 0 Å². The van der Waals surface area contributed by atoms with E-state index < -0.39 is 24.9 Å². The molecule has 6 N–H and O–H groups in total. The van der Waals surface area contributed by atoms with Crippen molar-refractivity contribution < 1.29 is 35.0 Å². The van der Waals surface area contributed by atoms with Gasteiger partial charge in [-0.15, -0.1) is 0 Å². The van der Waals surface area contributed by atoms with Crippen molar-refractivity contribution in [2.24, 2.45) is 10.8 Å². The molecule has 4 aliphatic rings. The molecule has 0 radical (unpaired) electrons. The van der Waals surface area contributed by atoms with Crippen molar-refractivity contribution in [2.45, 2.75) is 64.0 Å². The molecule has 25 heavy (non-hydrogen) atoms. The van der Waals surface area contributed by atoms with Gasteiger partial charge in [-0.25, -0.2) is 0 Å². The smallest absolute Gasteiger partial charge is 0.242 e. The van der Waals surface area contributed by atoms with Crippen LogP contribution in [0.5, 0.6) is 0 Å². The van der Waals surface area contributed by atoms with Crippen LogP contribution < -0.4 is 9.80 Å². The van der Waals surface area contributed by atoms with E-state index in [1.165, 1.54) is 9.80 Å². The Morgan fingerprint density at radius 2 is 1.44 bits per heavy atom. The minimum atomic E-state index is -1.37. The monoisotopic (exact) mass is 358 g/mol. The second-order valence-corrected chi connectivity index (χ2v) is 8.62. The molecule has 4 heterocycles. The normalized spacial score (nSPS) is 43.3. The molecule has 7 heteroatoms. The third kappa shape index (κ3) is 2.85. The fraction of sp³-hybridized carbons (Fsp3) is 0.944. The minimum Gasteiger partial charge on any atom is -0.394 e. The Kier molecular flexibility index (Phi) is 5.27. The number of rotatable bonds is 8. The molecule has 0 aliphatic carbocycles. The first-order chi connectivity index (χ1) is 11.8. The van der Waals surface area contributed by atoms with Crippen molar-refractivity contribution in [1.29, 1.82) is 0 Å². The number of nitrogens with one attached hydrogen (secondary N) is 2. The number of aliphatic hydroxyl groups excluding tert-OH is 4. The SMILES string of the molecule is CCCC12C[NH+]3CC(CCC)(C[NH+](C1)C3[C@H](O)[C@H](O)[C@H](O)CO)C2=O. The van der Waals surface area contributed by atoms with Crippen LogP contribution in [0.4, 0.5) is 0 Å². The molecule has 4 rings (SSSR count). The van der Waals surface area contributed by atoms with Gasteiger partial charge in [-0.3, -0.25) is 14.6 Å². The van der Waals surface area contributed by atoms with E-state index in [0.717, 1.165) is 25.7 Å². The van der Waals surface area contributed by atoms with Crippen molar-refractivity contribution in [1.82, 2.24) is 0 Å². The number of hydrogen-bond acceptors (Lipinski definition) is 5. The highest BCUT2D eigenvalue weighted by Gasteiger charge is 2.71. The average Bonchev–Trinajstić information content (AvgIpc) is 2.57. The van der Waals surface area contributed by atoms with Gasteiger partial charge in [-0.05, 0) is 12.8 Å². The zero-order valence-electron chi connectivity index (χ0n) is 15.4. The van der Waals surface area contributed by atoms with Gasteiger partial charge < -0.3 is 20.4 Å². The number of quaternary nitrogens is 2. The number of carbonyl (C=O) groups is 1. The van der Waals surface area contributed by atoms with Crippen LogP contribution in [0.2, 0.25) is 0 Å². The largest absolute Gasteiger partial charge is 0.394 e. The molecule has 0 amide bonds. The maximum Gasteiger partial charge on any atom is 0.242 e. The fourth-order valence-electron chi connectivity index (χ4n) is 6.15. The lowest BCUT2D eigenvalue weighted by atomic mass is 9.57. The second-order valence-electron chi connectivity index (χ2n) is 8.62. The number of carbonyl (C=O) groups excluding carboxylic acids is 1. The highest BCUT2D eigenvalue weighted by atomic mass is 16.4. The first-order valence-electron chi connectivity index (χ1n) is 9.73. The molecule has 0 aromatic rings. The third-order valence-corrected chi connectivity index (χ3v) is 6.83. The Labute approximate surface area is 149 Å². The number of aliphatic hydroxyl groups is 4.